The van der Waals surface area contributed by atoms with Gasteiger partial charge in [0.25, 0.3) is 11.8 Å². The van der Waals surface area contributed by atoms with Gasteiger partial charge in [0.2, 0.25) is 0 Å². The van der Waals surface area contributed by atoms with Crippen LogP contribution in [0.4, 0.5) is 5.69 Å². The van der Waals surface area contributed by atoms with Gasteiger partial charge in [0, 0.05) is 11.3 Å². The van der Waals surface area contributed by atoms with E-state index in [1.165, 1.54) is 13.3 Å². The predicted octanol–water partition coefficient (Wildman–Crippen LogP) is 5.24. The fourth-order valence-electron chi connectivity index (χ4n) is 3.35. The number of hydrogen-bond acceptors (Lipinski definition) is 7. The highest BCUT2D eigenvalue weighted by molar-refractivity contribution is 6.32. The number of nitrogens with one attached hydrogen (secondary N) is 2. The minimum atomic E-state index is -0.430. The number of benzene rings is 3. The molecule has 10 heteroatoms. The second kappa shape index (κ2) is 13.9. The van der Waals surface area contributed by atoms with Gasteiger partial charge >= 0.3 is 0 Å². The molecular weight excluding hydrogens is 510 g/mol. The van der Waals surface area contributed by atoms with Gasteiger partial charge in [0.05, 0.1) is 31.6 Å². The van der Waals surface area contributed by atoms with Gasteiger partial charge in [-0.05, 0) is 68.8 Å². The lowest BCUT2D eigenvalue weighted by Crippen LogP contribution is -2.20. The molecule has 200 valence electrons. The molecule has 0 bridgehead atoms. The second-order valence-corrected chi connectivity index (χ2v) is 8.37. The first-order chi connectivity index (χ1) is 18.3. The van der Waals surface area contributed by atoms with Crippen LogP contribution in [0.15, 0.2) is 59.7 Å². The molecule has 3 rings (SSSR count). The molecule has 0 aliphatic heterocycles. The van der Waals surface area contributed by atoms with Gasteiger partial charge < -0.3 is 24.3 Å². The molecule has 0 fully saturated rings. The van der Waals surface area contributed by atoms with Crippen LogP contribution in [0.3, 0.4) is 0 Å². The highest BCUT2D eigenvalue weighted by Crippen LogP contribution is 2.36. The molecule has 0 aliphatic carbocycles. The maximum atomic E-state index is 12.5. The van der Waals surface area contributed by atoms with Crippen molar-refractivity contribution in [2.75, 3.05) is 32.2 Å². The predicted molar refractivity (Wildman–Crippen MR) is 147 cm³/mol. The monoisotopic (exact) mass is 539 g/mol. The average Bonchev–Trinajstić information content (AvgIpc) is 2.90. The lowest BCUT2D eigenvalue weighted by molar-refractivity contribution is -0.118. The third-order valence-electron chi connectivity index (χ3n) is 5.12. The van der Waals surface area contributed by atoms with Crippen LogP contribution in [0.5, 0.6) is 23.0 Å². The summed E-state index contributed by atoms with van der Waals surface area (Å²) >= 11 is 6.43. The molecule has 9 nitrogen and oxygen atoms in total. The first kappa shape index (κ1) is 28.3. The Morgan fingerprint density at radius 1 is 0.921 bits per heavy atom. The lowest BCUT2D eigenvalue weighted by atomic mass is 10.2. The normalized spacial score (nSPS) is 10.7. The van der Waals surface area contributed by atoms with Crippen LogP contribution in [-0.4, -0.2) is 45.0 Å². The Balaban J connectivity index is 1.66. The van der Waals surface area contributed by atoms with Gasteiger partial charge in [0.1, 0.15) is 0 Å². The van der Waals surface area contributed by atoms with E-state index in [1.807, 2.05) is 45.0 Å². The molecule has 0 spiro atoms. The van der Waals surface area contributed by atoms with Gasteiger partial charge in [-0.15, -0.1) is 0 Å². The molecule has 2 amide bonds. The number of aryl methyl sites for hydroxylation is 1. The molecular formula is C28H30ClN3O6. The Hall–Kier alpha value is -4.24. The molecule has 3 aromatic rings. The lowest BCUT2D eigenvalue weighted by Gasteiger charge is -2.14. The van der Waals surface area contributed by atoms with Crippen LogP contribution in [0, 0.1) is 6.92 Å². The summed E-state index contributed by atoms with van der Waals surface area (Å²) in [6.45, 7) is 6.14. The summed E-state index contributed by atoms with van der Waals surface area (Å²) in [6, 6.07) is 15.5. The highest BCUT2D eigenvalue weighted by Gasteiger charge is 2.15. The van der Waals surface area contributed by atoms with Crippen molar-refractivity contribution in [2.24, 2.45) is 5.10 Å². The number of anilines is 1. The molecule has 0 saturated carbocycles. The summed E-state index contributed by atoms with van der Waals surface area (Å²) < 4.78 is 22.1. The number of rotatable bonds is 12. The number of methoxy groups -OCH3 is 1. The summed E-state index contributed by atoms with van der Waals surface area (Å²) in [7, 11) is 1.53. The zero-order valence-corrected chi connectivity index (χ0v) is 22.4. The first-order valence-electron chi connectivity index (χ1n) is 11.9. The molecule has 0 radical (unpaired) electrons. The van der Waals surface area contributed by atoms with E-state index < -0.39 is 5.91 Å². The zero-order chi connectivity index (χ0) is 27.5. The fourth-order valence-corrected chi connectivity index (χ4v) is 3.63. The van der Waals surface area contributed by atoms with Crippen molar-refractivity contribution < 1.29 is 28.5 Å². The SMILES string of the molecule is CCOc1cc(C(=O)N/N=C/c2cc(Cl)c(OCC(=O)Nc3ccc(C)cc3)c(OCC)c2)ccc1OC. The zero-order valence-electron chi connectivity index (χ0n) is 21.7. The topological polar surface area (TPSA) is 107 Å². The molecule has 0 unspecified atom stereocenters. The van der Waals surface area contributed by atoms with Gasteiger partial charge in [-0.3, -0.25) is 9.59 Å². The van der Waals surface area contributed by atoms with Crippen molar-refractivity contribution in [1.82, 2.24) is 5.43 Å². The van der Waals surface area contributed by atoms with E-state index in [0.29, 0.717) is 47.3 Å². The van der Waals surface area contributed by atoms with Crippen molar-refractivity contribution in [2.45, 2.75) is 20.8 Å². The molecule has 0 saturated heterocycles. The van der Waals surface area contributed by atoms with Gasteiger partial charge in [-0.1, -0.05) is 29.3 Å². The maximum Gasteiger partial charge on any atom is 0.271 e. The molecule has 38 heavy (non-hydrogen) atoms. The number of hydrazone groups is 1. The van der Waals surface area contributed by atoms with Crippen molar-refractivity contribution in [1.29, 1.82) is 0 Å². The third-order valence-corrected chi connectivity index (χ3v) is 5.40. The third kappa shape index (κ3) is 7.88. The number of hydrogen-bond donors (Lipinski definition) is 2. The van der Waals surface area contributed by atoms with Crippen LogP contribution >= 0.6 is 11.6 Å². The minimum Gasteiger partial charge on any atom is -0.493 e. The van der Waals surface area contributed by atoms with Gasteiger partial charge in [0.15, 0.2) is 29.6 Å². The molecule has 3 aromatic carbocycles. The van der Waals surface area contributed by atoms with Crippen molar-refractivity contribution >= 4 is 35.3 Å². The van der Waals surface area contributed by atoms with Crippen LogP contribution in [-0.2, 0) is 4.79 Å². The summed E-state index contributed by atoms with van der Waals surface area (Å²) in [5.41, 5.74) is 5.14. The quantitative estimate of drug-likeness (QED) is 0.241. The highest BCUT2D eigenvalue weighted by atomic mass is 35.5. The Kier molecular flexibility index (Phi) is 10.4. The molecule has 0 aromatic heterocycles. The number of nitrogens with zero attached hydrogens (tertiary/aromatic N) is 1. The van der Waals surface area contributed by atoms with Crippen LogP contribution < -0.4 is 29.7 Å². The van der Waals surface area contributed by atoms with E-state index in [4.69, 9.17) is 30.5 Å². The second-order valence-electron chi connectivity index (χ2n) is 7.96. The number of amides is 2. The fraction of sp³-hybridized carbons (Fsp3) is 0.250. The molecule has 0 aliphatic rings. The Morgan fingerprint density at radius 3 is 2.32 bits per heavy atom. The van der Waals surface area contributed by atoms with Gasteiger partial charge in [-0.2, -0.15) is 5.10 Å². The van der Waals surface area contributed by atoms with E-state index in [1.54, 1.807) is 30.3 Å². The number of carbonyl (C=O) groups excluding carboxylic acids is 2. The van der Waals surface area contributed by atoms with E-state index in [2.05, 4.69) is 15.8 Å². The van der Waals surface area contributed by atoms with Crippen LogP contribution in [0.1, 0.15) is 35.3 Å². The molecule has 0 heterocycles. The smallest absolute Gasteiger partial charge is 0.271 e. The Labute approximate surface area is 226 Å². The summed E-state index contributed by atoms with van der Waals surface area (Å²) in [5.74, 6) is 0.790. The summed E-state index contributed by atoms with van der Waals surface area (Å²) in [4.78, 5) is 24.9. The van der Waals surface area contributed by atoms with Gasteiger partial charge in [-0.25, -0.2) is 5.43 Å². The maximum absolute atomic E-state index is 12.5. The number of halogens is 1. The number of carbonyl (C=O) groups is 2. The van der Waals surface area contributed by atoms with Crippen LogP contribution in [0.25, 0.3) is 0 Å². The summed E-state index contributed by atoms with van der Waals surface area (Å²) in [6.07, 6.45) is 1.42. The van der Waals surface area contributed by atoms with Crippen molar-refractivity contribution in [3.8, 4) is 23.0 Å². The Morgan fingerprint density at radius 2 is 1.63 bits per heavy atom. The average molecular weight is 540 g/mol. The first-order valence-corrected chi connectivity index (χ1v) is 12.3. The number of ether oxygens (including phenoxy) is 4. The van der Waals surface area contributed by atoms with E-state index in [0.717, 1.165) is 5.56 Å². The summed E-state index contributed by atoms with van der Waals surface area (Å²) in [5, 5.41) is 7.01. The van der Waals surface area contributed by atoms with Crippen molar-refractivity contribution in [3.05, 3.63) is 76.3 Å². The minimum absolute atomic E-state index is 0.225. The van der Waals surface area contributed by atoms with Crippen LogP contribution in [0.2, 0.25) is 5.02 Å². The Bertz CT molecular complexity index is 1290. The van der Waals surface area contributed by atoms with E-state index >= 15 is 0 Å². The molecule has 2 N–H and O–H groups in total. The largest absolute Gasteiger partial charge is 0.493 e. The van der Waals surface area contributed by atoms with Crippen molar-refractivity contribution in [3.63, 3.8) is 0 Å². The standard InChI is InChI=1S/C28H30ClN3O6/c1-5-36-24-15-20(9-12-23(24)35-4)28(34)32-30-16-19-13-22(29)27(25(14-19)37-6-2)38-17-26(33)31-21-10-7-18(3)8-11-21/h7-16H,5-6,17H2,1-4H3,(H,31,33)(H,32,34)/b30-16+. The molecule has 0 atom stereocenters. The van der Waals surface area contributed by atoms with E-state index in [-0.39, 0.29) is 23.3 Å². The van der Waals surface area contributed by atoms with E-state index in [9.17, 15) is 9.59 Å².